The second-order valence-corrected chi connectivity index (χ2v) is 3.69. The summed E-state index contributed by atoms with van der Waals surface area (Å²) in [5.41, 5.74) is 5.87. The number of rotatable bonds is 4. The molecular formula is C11H12FNO2S. The van der Waals surface area contributed by atoms with Crippen LogP contribution in [0.5, 0.6) is 0 Å². The highest BCUT2D eigenvalue weighted by Crippen LogP contribution is 2.12. The van der Waals surface area contributed by atoms with Crippen LogP contribution in [0.25, 0.3) is 0 Å². The van der Waals surface area contributed by atoms with Gasteiger partial charge in [-0.2, -0.15) is 0 Å². The van der Waals surface area contributed by atoms with E-state index in [1.165, 1.54) is 12.1 Å². The number of thiocarbonyl (C=S) groups is 1. The maximum atomic E-state index is 13.5. The minimum Gasteiger partial charge on any atom is -0.462 e. The third-order valence-corrected chi connectivity index (χ3v) is 2.07. The monoisotopic (exact) mass is 241 g/mol. The van der Waals surface area contributed by atoms with Crippen molar-refractivity contribution >= 4 is 23.2 Å². The maximum absolute atomic E-state index is 13.5. The summed E-state index contributed by atoms with van der Waals surface area (Å²) in [5, 5.41) is 0. The van der Waals surface area contributed by atoms with Crippen LogP contribution in [0.2, 0.25) is 0 Å². The highest BCUT2D eigenvalue weighted by atomic mass is 32.1. The molecule has 16 heavy (non-hydrogen) atoms. The molecule has 3 nitrogen and oxygen atoms in total. The Hall–Kier alpha value is -1.49. The van der Waals surface area contributed by atoms with Gasteiger partial charge in [-0.15, -0.1) is 0 Å². The summed E-state index contributed by atoms with van der Waals surface area (Å²) < 4.78 is 18.2. The van der Waals surface area contributed by atoms with Gasteiger partial charge >= 0.3 is 5.97 Å². The molecule has 1 rings (SSSR count). The fourth-order valence-electron chi connectivity index (χ4n) is 1.22. The summed E-state index contributed by atoms with van der Waals surface area (Å²) in [6.45, 7) is 1.95. The molecule has 0 saturated heterocycles. The van der Waals surface area contributed by atoms with Gasteiger partial charge in [0.15, 0.2) is 0 Å². The summed E-state index contributed by atoms with van der Waals surface area (Å²) in [4.78, 5) is 11.5. The lowest BCUT2D eigenvalue weighted by Crippen LogP contribution is -2.13. The van der Waals surface area contributed by atoms with E-state index < -0.39 is 11.8 Å². The number of halogens is 1. The highest BCUT2D eigenvalue weighted by Gasteiger charge is 2.10. The zero-order valence-electron chi connectivity index (χ0n) is 8.83. The van der Waals surface area contributed by atoms with Crippen molar-refractivity contribution in [1.82, 2.24) is 0 Å². The van der Waals surface area contributed by atoms with Crippen molar-refractivity contribution in [1.29, 1.82) is 0 Å². The molecule has 86 valence electrons. The molecule has 1 aromatic carbocycles. The Morgan fingerprint density at radius 3 is 2.75 bits per heavy atom. The number of hydrogen-bond donors (Lipinski definition) is 1. The number of esters is 1. The average Bonchev–Trinajstić information content (AvgIpc) is 2.20. The smallest absolute Gasteiger partial charge is 0.338 e. The van der Waals surface area contributed by atoms with Gasteiger partial charge in [0.2, 0.25) is 0 Å². The third-order valence-electron chi connectivity index (χ3n) is 1.93. The first-order chi connectivity index (χ1) is 7.54. The predicted molar refractivity (Wildman–Crippen MR) is 62.8 cm³/mol. The van der Waals surface area contributed by atoms with Crippen molar-refractivity contribution < 1.29 is 13.9 Å². The standard InChI is InChI=1S/C11H12FNO2S/c1-2-15-11(14)8-4-3-7(6-10(13)16)9(12)5-8/h3-5H,2,6H2,1H3,(H2,13,16). The second kappa shape index (κ2) is 5.55. The lowest BCUT2D eigenvalue weighted by Gasteiger charge is -2.05. The second-order valence-electron chi connectivity index (χ2n) is 3.17. The summed E-state index contributed by atoms with van der Waals surface area (Å²) in [5.74, 6) is -1.04. The lowest BCUT2D eigenvalue weighted by atomic mass is 10.1. The van der Waals surface area contributed by atoms with Crippen LogP contribution < -0.4 is 5.73 Å². The molecular weight excluding hydrogens is 229 g/mol. The molecule has 0 radical (unpaired) electrons. The first-order valence-electron chi connectivity index (χ1n) is 4.78. The molecule has 5 heteroatoms. The fraction of sp³-hybridized carbons (Fsp3) is 0.273. The van der Waals surface area contributed by atoms with Gasteiger partial charge in [-0.3, -0.25) is 0 Å². The van der Waals surface area contributed by atoms with Crippen LogP contribution in [0.4, 0.5) is 4.39 Å². The number of nitrogens with two attached hydrogens (primary N) is 1. The quantitative estimate of drug-likeness (QED) is 0.645. The fourth-order valence-corrected chi connectivity index (χ4v) is 1.38. The van der Waals surface area contributed by atoms with Gasteiger partial charge in [0.1, 0.15) is 5.82 Å². The van der Waals surface area contributed by atoms with E-state index in [0.29, 0.717) is 5.56 Å². The molecule has 0 saturated carbocycles. The van der Waals surface area contributed by atoms with E-state index in [-0.39, 0.29) is 23.6 Å². The van der Waals surface area contributed by atoms with Crippen molar-refractivity contribution in [3.05, 3.63) is 35.1 Å². The summed E-state index contributed by atoms with van der Waals surface area (Å²) >= 11 is 4.68. The maximum Gasteiger partial charge on any atom is 0.338 e. The molecule has 0 aliphatic heterocycles. The first kappa shape index (κ1) is 12.6. The van der Waals surface area contributed by atoms with Crippen LogP contribution in [0.3, 0.4) is 0 Å². The molecule has 0 aromatic heterocycles. The topological polar surface area (TPSA) is 52.3 Å². The normalized spacial score (nSPS) is 9.88. The molecule has 0 aliphatic rings. The molecule has 0 atom stereocenters. The largest absolute Gasteiger partial charge is 0.462 e. The van der Waals surface area contributed by atoms with E-state index in [1.54, 1.807) is 6.92 Å². The number of hydrogen-bond acceptors (Lipinski definition) is 3. The molecule has 0 spiro atoms. The molecule has 2 N–H and O–H groups in total. The molecule has 0 amide bonds. The van der Waals surface area contributed by atoms with Crippen LogP contribution in [0.15, 0.2) is 18.2 Å². The predicted octanol–water partition coefficient (Wildman–Crippen LogP) is 1.83. The highest BCUT2D eigenvalue weighted by molar-refractivity contribution is 7.80. The van der Waals surface area contributed by atoms with Gasteiger partial charge in [0.05, 0.1) is 17.2 Å². The van der Waals surface area contributed by atoms with Gasteiger partial charge in [-0.05, 0) is 24.6 Å². The Bertz CT molecular complexity index is 420. The van der Waals surface area contributed by atoms with Crippen molar-refractivity contribution in [2.75, 3.05) is 6.61 Å². The Morgan fingerprint density at radius 2 is 2.25 bits per heavy atom. The molecule has 0 unspecified atom stereocenters. The van der Waals surface area contributed by atoms with E-state index >= 15 is 0 Å². The number of benzene rings is 1. The van der Waals surface area contributed by atoms with Crippen molar-refractivity contribution in [3.8, 4) is 0 Å². The van der Waals surface area contributed by atoms with Gasteiger partial charge in [-0.1, -0.05) is 18.3 Å². The summed E-state index contributed by atoms with van der Waals surface area (Å²) in [6.07, 6.45) is 0.185. The minimum atomic E-state index is -0.539. The van der Waals surface area contributed by atoms with E-state index in [0.717, 1.165) is 6.07 Å². The zero-order valence-corrected chi connectivity index (χ0v) is 9.64. The number of carbonyl (C=O) groups excluding carboxylic acids is 1. The summed E-state index contributed by atoms with van der Waals surface area (Å²) in [7, 11) is 0. The van der Waals surface area contributed by atoms with Crippen LogP contribution in [-0.4, -0.2) is 17.6 Å². The molecule has 1 aromatic rings. The molecule has 0 fully saturated rings. The van der Waals surface area contributed by atoms with Crippen LogP contribution >= 0.6 is 12.2 Å². The van der Waals surface area contributed by atoms with Crippen molar-refractivity contribution in [2.24, 2.45) is 5.73 Å². The van der Waals surface area contributed by atoms with Gasteiger partial charge in [0, 0.05) is 6.42 Å². The van der Waals surface area contributed by atoms with Crippen molar-refractivity contribution in [2.45, 2.75) is 13.3 Å². The Labute approximate surface area is 98.4 Å². The van der Waals surface area contributed by atoms with E-state index in [1.807, 2.05) is 0 Å². The van der Waals surface area contributed by atoms with Crippen LogP contribution in [0.1, 0.15) is 22.8 Å². The first-order valence-corrected chi connectivity index (χ1v) is 5.19. The molecule has 0 aliphatic carbocycles. The van der Waals surface area contributed by atoms with Crippen molar-refractivity contribution in [3.63, 3.8) is 0 Å². The van der Waals surface area contributed by atoms with Crippen LogP contribution in [0, 0.1) is 5.82 Å². The van der Waals surface area contributed by atoms with Gasteiger partial charge < -0.3 is 10.5 Å². The minimum absolute atomic E-state index is 0.185. The van der Waals surface area contributed by atoms with Crippen LogP contribution in [-0.2, 0) is 11.2 Å². The summed E-state index contributed by atoms with van der Waals surface area (Å²) in [6, 6.07) is 4.11. The van der Waals surface area contributed by atoms with E-state index in [2.05, 4.69) is 12.2 Å². The van der Waals surface area contributed by atoms with Gasteiger partial charge in [-0.25, -0.2) is 9.18 Å². The number of ether oxygens (including phenoxy) is 1. The zero-order chi connectivity index (χ0) is 12.1. The van der Waals surface area contributed by atoms with Gasteiger partial charge in [0.25, 0.3) is 0 Å². The Balaban J connectivity index is 2.90. The van der Waals surface area contributed by atoms with E-state index in [4.69, 9.17) is 10.5 Å². The van der Waals surface area contributed by atoms with E-state index in [9.17, 15) is 9.18 Å². The third kappa shape index (κ3) is 3.27. The Kier molecular flexibility index (Phi) is 4.37. The SMILES string of the molecule is CCOC(=O)c1ccc(CC(N)=S)c(F)c1. The number of carbonyl (C=O) groups is 1. The Morgan fingerprint density at radius 1 is 1.56 bits per heavy atom. The average molecular weight is 241 g/mol. The molecule has 0 bridgehead atoms. The molecule has 0 heterocycles. The lowest BCUT2D eigenvalue weighted by molar-refractivity contribution is 0.0526.